The van der Waals surface area contributed by atoms with Gasteiger partial charge >= 0.3 is 6.18 Å². The number of hydrogen-bond acceptors (Lipinski definition) is 10. The van der Waals surface area contributed by atoms with E-state index in [1.54, 1.807) is 30.3 Å². The van der Waals surface area contributed by atoms with Crippen LogP contribution in [0.4, 0.5) is 24.1 Å². The van der Waals surface area contributed by atoms with Crippen molar-refractivity contribution in [2.75, 3.05) is 10.6 Å². The summed E-state index contributed by atoms with van der Waals surface area (Å²) in [4.78, 5) is 23.7. The zero-order valence-corrected chi connectivity index (χ0v) is 24.8. The first kappa shape index (κ1) is 33.4. The molecule has 4 aromatic rings. The molecule has 0 spiro atoms. The Morgan fingerprint density at radius 1 is 0.844 bits per heavy atom. The van der Waals surface area contributed by atoms with Crippen molar-refractivity contribution in [1.82, 2.24) is 25.7 Å². The monoisotopic (exact) mass is 643 g/mol. The molecule has 0 fully saturated rings. The van der Waals surface area contributed by atoms with Gasteiger partial charge in [0.2, 0.25) is 17.1 Å². The number of halogens is 3. The molecule has 0 bridgehead atoms. The molecule has 2 heterocycles. The minimum atomic E-state index is -5.04. The predicted octanol–water partition coefficient (Wildman–Crippen LogP) is 3.59. The molecule has 2 amide bonds. The maximum atomic E-state index is 12.5. The van der Waals surface area contributed by atoms with Gasteiger partial charge in [0.1, 0.15) is 11.2 Å². The van der Waals surface area contributed by atoms with Gasteiger partial charge in [0.05, 0.1) is 12.1 Å². The lowest BCUT2D eigenvalue weighted by Gasteiger charge is -2.15. The summed E-state index contributed by atoms with van der Waals surface area (Å²) in [5.41, 5.74) is 2.91. The molecule has 11 nitrogen and oxygen atoms in total. The number of aliphatic hydroxyl groups is 2. The largest absolute Gasteiger partial charge is 0.423 e. The maximum Gasteiger partial charge on any atom is 0.423 e. The van der Waals surface area contributed by atoms with Crippen molar-refractivity contribution in [3.05, 3.63) is 94.1 Å². The van der Waals surface area contributed by atoms with E-state index in [9.17, 15) is 27.9 Å². The van der Waals surface area contributed by atoms with Gasteiger partial charge in [-0.2, -0.15) is 18.3 Å². The van der Waals surface area contributed by atoms with E-state index >= 15 is 0 Å². The average Bonchev–Trinajstić information content (AvgIpc) is 3.45. The number of nitrogens with one attached hydrogen (secondary N) is 3. The van der Waals surface area contributed by atoms with Crippen LogP contribution in [0.15, 0.2) is 66.7 Å². The van der Waals surface area contributed by atoms with E-state index in [-0.39, 0.29) is 25.3 Å². The molecule has 0 saturated heterocycles. The molecule has 5 N–H and O–H groups in total. The first-order chi connectivity index (χ1) is 21.5. The van der Waals surface area contributed by atoms with Crippen LogP contribution in [0.5, 0.6) is 0 Å². The number of carbonyl (C=O) groups is 2. The fraction of sp³-hybridized carbons (Fsp3) is 0.333. The van der Waals surface area contributed by atoms with Crippen LogP contribution in [0.3, 0.4) is 0 Å². The number of nitrogens with zero attached hydrogens (tertiary/aromatic N) is 4. The summed E-state index contributed by atoms with van der Waals surface area (Å²) in [5, 5.41) is 44.9. The van der Waals surface area contributed by atoms with Crippen molar-refractivity contribution in [1.29, 1.82) is 0 Å². The minimum Gasteiger partial charge on any atom is -0.376 e. The highest BCUT2D eigenvalue weighted by Crippen LogP contribution is 2.21. The standard InChI is InChI=1S/C30H32F3N7O4S/c31-30(32,33)27(43)28(44)34-18-21-10-6-9-20(15-21)17-25(42)36-29-40-39-26(45-29)12-5-4-11-22-13-14-23(38-37-22)35-24(41)16-19-7-2-1-3-8-19/h1-3,6-10,13-15,25,27,42-43H,4-5,11-12,16-18H2,(H,34,44)(H,36,40)(H,35,38,41). The average molecular weight is 644 g/mol. The number of aliphatic hydroxyl groups excluding tert-OH is 2. The van der Waals surface area contributed by atoms with Gasteiger partial charge in [-0.1, -0.05) is 65.9 Å². The van der Waals surface area contributed by atoms with Gasteiger partial charge in [0.25, 0.3) is 5.91 Å². The van der Waals surface area contributed by atoms with Gasteiger partial charge in [-0.15, -0.1) is 15.3 Å². The second kappa shape index (κ2) is 16.0. The van der Waals surface area contributed by atoms with Gasteiger partial charge in [0, 0.05) is 19.4 Å². The van der Waals surface area contributed by atoms with Crippen molar-refractivity contribution < 1.29 is 33.0 Å². The van der Waals surface area contributed by atoms with Gasteiger partial charge < -0.3 is 26.2 Å². The minimum absolute atomic E-state index is 0.161. The third-order valence-corrected chi connectivity index (χ3v) is 7.39. The van der Waals surface area contributed by atoms with E-state index < -0.39 is 24.4 Å². The molecule has 15 heteroatoms. The second-order valence-electron chi connectivity index (χ2n) is 10.2. The summed E-state index contributed by atoms with van der Waals surface area (Å²) in [6, 6.07) is 19.6. The molecule has 238 valence electrons. The van der Waals surface area contributed by atoms with Crippen LogP contribution in [0.2, 0.25) is 0 Å². The Hall–Kier alpha value is -4.47. The Kier molecular flexibility index (Phi) is 11.9. The van der Waals surface area contributed by atoms with Gasteiger partial charge in [-0.25, -0.2) is 0 Å². The zero-order valence-electron chi connectivity index (χ0n) is 24.0. The molecule has 45 heavy (non-hydrogen) atoms. The number of aromatic nitrogens is 4. The molecular formula is C30H32F3N7O4S. The molecule has 2 aromatic heterocycles. The van der Waals surface area contributed by atoms with E-state index in [1.165, 1.54) is 11.3 Å². The topological polar surface area (TPSA) is 162 Å². The molecule has 0 aliphatic rings. The van der Waals surface area contributed by atoms with E-state index in [1.807, 2.05) is 41.7 Å². The van der Waals surface area contributed by atoms with Gasteiger partial charge in [0.15, 0.2) is 5.82 Å². The number of carbonyl (C=O) groups excluding carboxylic acids is 2. The number of anilines is 2. The Morgan fingerprint density at radius 3 is 2.31 bits per heavy atom. The molecule has 0 radical (unpaired) electrons. The van der Waals surface area contributed by atoms with E-state index in [2.05, 4.69) is 31.0 Å². The third kappa shape index (κ3) is 11.2. The maximum absolute atomic E-state index is 12.5. The molecule has 0 aliphatic heterocycles. The zero-order chi connectivity index (χ0) is 32.2. The summed E-state index contributed by atoms with van der Waals surface area (Å²) >= 11 is 1.32. The highest BCUT2D eigenvalue weighted by Gasteiger charge is 2.43. The van der Waals surface area contributed by atoms with E-state index in [4.69, 9.17) is 5.11 Å². The quantitative estimate of drug-likeness (QED) is 0.0963. The van der Waals surface area contributed by atoms with Crippen LogP contribution >= 0.6 is 11.3 Å². The molecule has 0 aliphatic carbocycles. The SMILES string of the molecule is O=C(Cc1ccccc1)Nc1ccc(CCCCc2nnc(NC(O)Cc3cccc(CNC(=O)C(O)C(F)(F)F)c3)s2)nn1. The highest BCUT2D eigenvalue weighted by molar-refractivity contribution is 7.15. The van der Waals surface area contributed by atoms with Crippen molar-refractivity contribution in [2.24, 2.45) is 0 Å². The first-order valence-electron chi connectivity index (χ1n) is 14.1. The van der Waals surface area contributed by atoms with Crippen molar-refractivity contribution in [2.45, 2.75) is 63.6 Å². The number of alkyl halides is 3. The Labute approximate surface area is 260 Å². The highest BCUT2D eigenvalue weighted by atomic mass is 32.1. The summed E-state index contributed by atoms with van der Waals surface area (Å²) in [6.45, 7) is -0.214. The van der Waals surface area contributed by atoms with Crippen LogP contribution in [0.25, 0.3) is 0 Å². The van der Waals surface area contributed by atoms with E-state index in [0.717, 1.165) is 29.1 Å². The smallest absolute Gasteiger partial charge is 0.376 e. The normalized spacial score (nSPS) is 12.7. The number of benzene rings is 2. The number of aryl methyl sites for hydroxylation is 2. The lowest BCUT2D eigenvalue weighted by molar-refractivity contribution is -0.205. The first-order valence-corrected chi connectivity index (χ1v) is 14.9. The van der Waals surface area contributed by atoms with Crippen LogP contribution in [-0.2, 0) is 41.8 Å². The summed E-state index contributed by atoms with van der Waals surface area (Å²) in [7, 11) is 0. The van der Waals surface area contributed by atoms with Crippen molar-refractivity contribution in [3.8, 4) is 0 Å². The third-order valence-electron chi connectivity index (χ3n) is 6.47. The second-order valence-corrected chi connectivity index (χ2v) is 11.2. The van der Waals surface area contributed by atoms with Gasteiger partial charge in [-0.3, -0.25) is 9.59 Å². The van der Waals surface area contributed by atoms with Crippen molar-refractivity contribution in [3.63, 3.8) is 0 Å². The molecule has 0 saturated carbocycles. The summed E-state index contributed by atoms with van der Waals surface area (Å²) in [6.07, 6.45) is -5.65. The van der Waals surface area contributed by atoms with Crippen molar-refractivity contribution >= 4 is 34.1 Å². The molecule has 2 unspecified atom stereocenters. The van der Waals surface area contributed by atoms with Crippen LogP contribution in [0.1, 0.15) is 40.2 Å². The molecule has 2 aromatic carbocycles. The lowest BCUT2D eigenvalue weighted by Crippen LogP contribution is -2.43. The number of hydrogen-bond donors (Lipinski definition) is 5. The van der Waals surface area contributed by atoms with Crippen LogP contribution in [-0.4, -0.2) is 60.9 Å². The predicted molar refractivity (Wildman–Crippen MR) is 161 cm³/mol. The fourth-order valence-corrected chi connectivity index (χ4v) is 5.07. The number of amides is 2. The van der Waals surface area contributed by atoms with E-state index in [0.29, 0.717) is 34.9 Å². The number of unbranched alkanes of at least 4 members (excludes halogenated alkanes) is 1. The van der Waals surface area contributed by atoms with Crippen LogP contribution < -0.4 is 16.0 Å². The Balaban J connectivity index is 1.14. The molecular weight excluding hydrogens is 611 g/mol. The summed E-state index contributed by atoms with van der Waals surface area (Å²) in [5.74, 6) is -1.30. The van der Waals surface area contributed by atoms with Crippen LogP contribution in [0, 0.1) is 0 Å². The molecule has 2 atom stereocenters. The Bertz CT molecular complexity index is 1540. The Morgan fingerprint density at radius 2 is 1.58 bits per heavy atom. The fourth-order valence-electron chi connectivity index (χ4n) is 4.24. The number of rotatable bonds is 15. The summed E-state index contributed by atoms with van der Waals surface area (Å²) < 4.78 is 37.4. The molecule has 4 rings (SSSR count). The van der Waals surface area contributed by atoms with Gasteiger partial charge in [-0.05, 0) is 48.1 Å². The lowest BCUT2D eigenvalue weighted by atomic mass is 10.1.